The van der Waals surface area contributed by atoms with Gasteiger partial charge < -0.3 is 4.90 Å². The molecule has 2 heterocycles. The summed E-state index contributed by atoms with van der Waals surface area (Å²) in [6, 6.07) is 15.2. The Bertz CT molecular complexity index is 1430. The number of nitrogens with zero attached hydrogens (tertiary/aromatic N) is 3. The number of aryl methyl sites for hydroxylation is 1. The monoisotopic (exact) mass is 488 g/mol. The third-order valence-corrected chi connectivity index (χ3v) is 7.78. The number of sulfonamides is 1. The molecule has 7 nitrogen and oxygen atoms in total. The molecule has 1 atom stereocenters. The van der Waals surface area contributed by atoms with Gasteiger partial charge in [-0.2, -0.15) is 5.10 Å². The first-order chi connectivity index (χ1) is 15.1. The Kier molecular flexibility index (Phi) is 5.85. The molecule has 1 unspecified atom stereocenters. The third-order valence-electron chi connectivity index (χ3n) is 5.43. The fourth-order valence-corrected chi connectivity index (χ4v) is 5.34. The second-order valence-electron chi connectivity index (χ2n) is 7.48. The Hall–Kier alpha value is -2.72. The zero-order valence-corrected chi connectivity index (χ0v) is 20.0. The number of para-hydroxylation sites is 1. The molecule has 0 aliphatic heterocycles. The minimum atomic E-state index is -3.76. The predicted molar refractivity (Wildman–Crippen MR) is 127 cm³/mol. The lowest BCUT2D eigenvalue weighted by Crippen LogP contribution is -2.29. The van der Waals surface area contributed by atoms with E-state index in [0.717, 1.165) is 27.2 Å². The number of hydrogen-bond donors (Lipinski definition) is 1. The zero-order chi connectivity index (χ0) is 23.2. The Balaban J connectivity index is 1.65. The minimum absolute atomic E-state index is 0.0338. The maximum absolute atomic E-state index is 13.2. The SMILES string of the molecule is Cc1nn(-c2ccccc2Cl)c2sc(C(=O)N(C)C(C)c3ccc(S(N)(=O)=O)cc3)cc12. The number of rotatable bonds is 5. The van der Waals surface area contributed by atoms with Crippen molar-refractivity contribution < 1.29 is 13.2 Å². The van der Waals surface area contributed by atoms with Crippen LogP contribution in [0.25, 0.3) is 15.9 Å². The van der Waals surface area contributed by atoms with E-state index in [0.29, 0.717) is 9.90 Å². The molecule has 10 heteroatoms. The molecule has 32 heavy (non-hydrogen) atoms. The van der Waals surface area contributed by atoms with Crippen LogP contribution in [0.1, 0.15) is 33.9 Å². The smallest absolute Gasteiger partial charge is 0.264 e. The number of aromatic nitrogens is 2. The van der Waals surface area contributed by atoms with Crippen molar-refractivity contribution in [2.75, 3.05) is 7.05 Å². The highest BCUT2D eigenvalue weighted by molar-refractivity contribution is 7.89. The van der Waals surface area contributed by atoms with Crippen molar-refractivity contribution in [1.82, 2.24) is 14.7 Å². The van der Waals surface area contributed by atoms with E-state index in [1.54, 1.807) is 34.8 Å². The van der Waals surface area contributed by atoms with Crippen molar-refractivity contribution in [1.29, 1.82) is 0 Å². The van der Waals surface area contributed by atoms with E-state index in [1.165, 1.54) is 23.5 Å². The third kappa shape index (κ3) is 4.04. The van der Waals surface area contributed by atoms with Crippen LogP contribution in [0.2, 0.25) is 5.02 Å². The summed E-state index contributed by atoms with van der Waals surface area (Å²) in [5.74, 6) is -0.140. The molecule has 4 rings (SSSR count). The summed E-state index contributed by atoms with van der Waals surface area (Å²) >= 11 is 7.72. The molecule has 0 radical (unpaired) electrons. The molecule has 166 valence electrons. The van der Waals surface area contributed by atoms with Crippen LogP contribution < -0.4 is 5.14 Å². The lowest BCUT2D eigenvalue weighted by molar-refractivity contribution is 0.0747. The predicted octanol–water partition coefficient (Wildman–Crippen LogP) is 4.53. The fourth-order valence-electron chi connectivity index (χ4n) is 3.45. The summed E-state index contributed by atoms with van der Waals surface area (Å²) in [7, 11) is -2.04. The second kappa shape index (κ2) is 8.32. The normalized spacial score (nSPS) is 12.8. The van der Waals surface area contributed by atoms with Gasteiger partial charge in [0.15, 0.2) is 0 Å². The Morgan fingerprint density at radius 1 is 1.19 bits per heavy atom. The molecule has 0 aliphatic carbocycles. The molecule has 0 aliphatic rings. The lowest BCUT2D eigenvalue weighted by Gasteiger charge is -2.25. The van der Waals surface area contributed by atoms with Crippen molar-refractivity contribution in [3.8, 4) is 5.69 Å². The number of primary sulfonamides is 1. The Morgan fingerprint density at radius 2 is 1.84 bits per heavy atom. The van der Waals surface area contributed by atoms with Gasteiger partial charge >= 0.3 is 0 Å². The van der Waals surface area contributed by atoms with Crippen LogP contribution >= 0.6 is 22.9 Å². The van der Waals surface area contributed by atoms with Gasteiger partial charge in [0, 0.05) is 12.4 Å². The summed E-state index contributed by atoms with van der Waals surface area (Å²) in [6.45, 7) is 3.78. The van der Waals surface area contributed by atoms with Gasteiger partial charge in [-0.25, -0.2) is 18.2 Å². The quantitative estimate of drug-likeness (QED) is 0.446. The highest BCUT2D eigenvalue weighted by Crippen LogP contribution is 2.34. The van der Waals surface area contributed by atoms with E-state index in [-0.39, 0.29) is 16.8 Å². The average Bonchev–Trinajstić information content (AvgIpc) is 3.33. The molecular weight excluding hydrogens is 468 g/mol. The van der Waals surface area contributed by atoms with Crippen molar-refractivity contribution in [2.45, 2.75) is 24.8 Å². The molecule has 0 saturated heterocycles. The van der Waals surface area contributed by atoms with Crippen LogP contribution in [0, 0.1) is 6.92 Å². The summed E-state index contributed by atoms with van der Waals surface area (Å²) < 4.78 is 24.7. The van der Waals surface area contributed by atoms with Crippen LogP contribution in [0.5, 0.6) is 0 Å². The molecule has 2 N–H and O–H groups in total. The maximum atomic E-state index is 13.2. The average molecular weight is 489 g/mol. The van der Waals surface area contributed by atoms with Crippen LogP contribution in [0.3, 0.4) is 0 Å². The van der Waals surface area contributed by atoms with E-state index in [9.17, 15) is 13.2 Å². The Morgan fingerprint density at radius 3 is 2.47 bits per heavy atom. The van der Waals surface area contributed by atoms with Crippen LogP contribution in [0.15, 0.2) is 59.5 Å². The van der Waals surface area contributed by atoms with Crippen molar-refractivity contribution in [2.24, 2.45) is 5.14 Å². The van der Waals surface area contributed by atoms with Crippen LogP contribution in [-0.4, -0.2) is 36.1 Å². The van der Waals surface area contributed by atoms with Crippen LogP contribution in [-0.2, 0) is 10.0 Å². The number of benzene rings is 2. The van der Waals surface area contributed by atoms with E-state index in [2.05, 4.69) is 5.10 Å². The van der Waals surface area contributed by atoms with Gasteiger partial charge in [-0.05, 0) is 49.7 Å². The van der Waals surface area contributed by atoms with Crippen molar-refractivity contribution >= 4 is 49.1 Å². The minimum Gasteiger partial charge on any atom is -0.334 e. The number of halogens is 1. The highest BCUT2D eigenvalue weighted by atomic mass is 35.5. The summed E-state index contributed by atoms with van der Waals surface area (Å²) in [4.78, 5) is 16.3. The fraction of sp³-hybridized carbons (Fsp3) is 0.182. The highest BCUT2D eigenvalue weighted by Gasteiger charge is 2.24. The van der Waals surface area contributed by atoms with Gasteiger partial charge in [-0.15, -0.1) is 11.3 Å². The first-order valence-electron chi connectivity index (χ1n) is 9.72. The van der Waals surface area contributed by atoms with E-state index in [1.807, 2.05) is 38.1 Å². The number of thiophene rings is 1. The maximum Gasteiger partial charge on any atom is 0.264 e. The van der Waals surface area contributed by atoms with Gasteiger partial charge in [0.2, 0.25) is 10.0 Å². The largest absolute Gasteiger partial charge is 0.334 e. The lowest BCUT2D eigenvalue weighted by atomic mass is 10.1. The summed E-state index contributed by atoms with van der Waals surface area (Å²) in [5, 5.41) is 11.2. The number of carbonyl (C=O) groups excluding carboxylic acids is 1. The second-order valence-corrected chi connectivity index (χ2v) is 10.5. The van der Waals surface area contributed by atoms with E-state index < -0.39 is 10.0 Å². The molecule has 0 saturated carbocycles. The molecule has 0 bridgehead atoms. The first kappa shape index (κ1) is 22.5. The molecule has 2 aromatic carbocycles. The van der Waals surface area contributed by atoms with E-state index >= 15 is 0 Å². The van der Waals surface area contributed by atoms with Crippen LogP contribution in [0.4, 0.5) is 0 Å². The van der Waals surface area contributed by atoms with Gasteiger partial charge in [-0.3, -0.25) is 4.79 Å². The topological polar surface area (TPSA) is 98.3 Å². The number of amides is 1. The molecule has 2 aromatic heterocycles. The molecule has 4 aromatic rings. The Labute approximate surface area is 195 Å². The molecule has 0 fully saturated rings. The van der Waals surface area contributed by atoms with Gasteiger partial charge in [0.1, 0.15) is 4.83 Å². The molecule has 0 spiro atoms. The number of carbonyl (C=O) groups is 1. The van der Waals surface area contributed by atoms with Crippen molar-refractivity contribution in [3.05, 3.63) is 75.8 Å². The summed E-state index contributed by atoms with van der Waals surface area (Å²) in [5.41, 5.74) is 2.36. The number of fused-ring (bicyclic) bond motifs is 1. The standard InChI is InChI=1S/C22H21ClN4O3S2/c1-13-17-12-20(31-22(17)27(25-13)19-7-5-4-6-18(19)23)21(28)26(3)14(2)15-8-10-16(11-9-15)32(24,29)30/h4-12,14H,1-3H3,(H2,24,29,30). The number of hydrogen-bond acceptors (Lipinski definition) is 5. The molecular formula is C22H21ClN4O3S2. The summed E-state index contributed by atoms with van der Waals surface area (Å²) in [6.07, 6.45) is 0. The van der Waals surface area contributed by atoms with Gasteiger partial charge in [0.05, 0.1) is 32.2 Å². The van der Waals surface area contributed by atoms with Gasteiger partial charge in [0.25, 0.3) is 5.91 Å². The first-order valence-corrected chi connectivity index (χ1v) is 12.5. The van der Waals surface area contributed by atoms with Gasteiger partial charge in [-0.1, -0.05) is 35.9 Å². The number of nitrogens with two attached hydrogens (primary N) is 1. The molecule has 1 amide bonds. The van der Waals surface area contributed by atoms with E-state index in [4.69, 9.17) is 16.7 Å². The zero-order valence-electron chi connectivity index (χ0n) is 17.6. The van der Waals surface area contributed by atoms with Crippen molar-refractivity contribution in [3.63, 3.8) is 0 Å².